The molecule has 0 saturated carbocycles. The van der Waals surface area contributed by atoms with Gasteiger partial charge in [-0.2, -0.15) is 0 Å². The second kappa shape index (κ2) is 4.70. The molecule has 2 heterocycles. The van der Waals surface area contributed by atoms with E-state index in [9.17, 15) is 0 Å². The van der Waals surface area contributed by atoms with Crippen LogP contribution < -0.4 is 0 Å². The van der Waals surface area contributed by atoms with E-state index in [4.69, 9.17) is 5.11 Å². The minimum absolute atomic E-state index is 0.317. The molecule has 1 aliphatic rings. The zero-order valence-electron chi connectivity index (χ0n) is 7.82. The third-order valence-electron chi connectivity index (χ3n) is 2.54. The molecule has 1 aliphatic heterocycles. The number of nitrogens with zero attached hydrogens (tertiary/aromatic N) is 2. The fraction of sp³-hybridized carbons (Fsp3) is 0.667. The first-order valence-electron chi connectivity index (χ1n) is 4.71. The smallest absolute Gasteiger partial charge is 0.159 e. The molecule has 14 heavy (non-hydrogen) atoms. The molecule has 0 bridgehead atoms. The molecule has 5 heteroatoms. The number of hydrogen-bond donors (Lipinski definition) is 1. The largest absolute Gasteiger partial charge is 0.396 e. The van der Waals surface area contributed by atoms with E-state index in [0.29, 0.717) is 12.5 Å². The summed E-state index contributed by atoms with van der Waals surface area (Å²) in [5, 5.41) is 11.1. The van der Waals surface area contributed by atoms with Crippen molar-refractivity contribution in [1.29, 1.82) is 0 Å². The van der Waals surface area contributed by atoms with Crippen molar-refractivity contribution in [3.05, 3.63) is 15.0 Å². The van der Waals surface area contributed by atoms with E-state index in [-0.39, 0.29) is 0 Å². The Kier molecular flexibility index (Phi) is 3.54. The lowest BCUT2D eigenvalue weighted by atomic mass is 10.1. The minimum atomic E-state index is 0.317. The Morgan fingerprint density at radius 2 is 2.57 bits per heavy atom. The van der Waals surface area contributed by atoms with Crippen molar-refractivity contribution in [3.8, 4) is 0 Å². The van der Waals surface area contributed by atoms with Crippen LogP contribution in [0.2, 0.25) is 0 Å². The van der Waals surface area contributed by atoms with Gasteiger partial charge in [-0.1, -0.05) is 0 Å². The van der Waals surface area contributed by atoms with E-state index in [1.165, 1.54) is 0 Å². The average molecular weight is 277 g/mol. The van der Waals surface area contributed by atoms with Gasteiger partial charge in [-0.3, -0.25) is 4.90 Å². The van der Waals surface area contributed by atoms with E-state index >= 15 is 0 Å². The van der Waals surface area contributed by atoms with Crippen molar-refractivity contribution in [2.45, 2.75) is 13.0 Å². The van der Waals surface area contributed by atoms with E-state index < -0.39 is 0 Å². The molecule has 0 radical (unpaired) electrons. The standard InChI is InChI=1S/C9H13BrN2OS/c10-9-11-8(6-14-9)4-12-2-1-7(3-12)5-13/h6-7,13H,1-5H2/t7-/m1/s1. The topological polar surface area (TPSA) is 36.4 Å². The highest BCUT2D eigenvalue weighted by Gasteiger charge is 2.21. The quantitative estimate of drug-likeness (QED) is 0.914. The SMILES string of the molecule is OC[C@@H]1CCN(Cc2csc(Br)n2)C1. The predicted molar refractivity (Wildman–Crippen MR) is 60.3 cm³/mol. The van der Waals surface area contributed by atoms with Gasteiger partial charge in [0.05, 0.1) is 5.69 Å². The van der Waals surface area contributed by atoms with Crippen LogP contribution in [0.25, 0.3) is 0 Å². The van der Waals surface area contributed by atoms with Gasteiger partial charge in [0.25, 0.3) is 0 Å². The second-order valence-corrected chi connectivity index (χ2v) is 5.80. The molecule has 1 fully saturated rings. The van der Waals surface area contributed by atoms with Crippen LogP contribution in [0.3, 0.4) is 0 Å². The summed E-state index contributed by atoms with van der Waals surface area (Å²) in [7, 11) is 0. The summed E-state index contributed by atoms with van der Waals surface area (Å²) in [6.07, 6.45) is 1.11. The third-order valence-corrected chi connectivity index (χ3v) is 3.95. The van der Waals surface area contributed by atoms with E-state index in [1.807, 2.05) is 0 Å². The Labute approximate surface area is 95.9 Å². The molecule has 1 atom stereocenters. The van der Waals surface area contributed by atoms with Crippen LogP contribution in [0.1, 0.15) is 12.1 Å². The first-order valence-corrected chi connectivity index (χ1v) is 6.38. The molecule has 1 N–H and O–H groups in total. The van der Waals surface area contributed by atoms with E-state index in [1.54, 1.807) is 11.3 Å². The normalized spacial score (nSPS) is 23.1. The zero-order chi connectivity index (χ0) is 9.97. The highest BCUT2D eigenvalue weighted by Crippen LogP contribution is 2.21. The molecule has 1 saturated heterocycles. The molecule has 1 aromatic heterocycles. The van der Waals surface area contributed by atoms with Crippen molar-refractivity contribution < 1.29 is 5.11 Å². The molecule has 3 nitrogen and oxygen atoms in total. The highest BCUT2D eigenvalue weighted by molar-refractivity contribution is 9.11. The van der Waals surface area contributed by atoms with Gasteiger partial charge < -0.3 is 5.11 Å². The van der Waals surface area contributed by atoms with E-state index in [0.717, 1.165) is 35.7 Å². The second-order valence-electron chi connectivity index (χ2n) is 3.66. The molecule has 0 aliphatic carbocycles. The number of aliphatic hydroxyl groups is 1. The molecule has 2 rings (SSSR count). The van der Waals surface area contributed by atoms with Crippen LogP contribution in [-0.2, 0) is 6.54 Å². The van der Waals surface area contributed by atoms with Crippen LogP contribution in [0.4, 0.5) is 0 Å². The fourth-order valence-electron chi connectivity index (χ4n) is 1.79. The maximum Gasteiger partial charge on any atom is 0.159 e. The van der Waals surface area contributed by atoms with Crippen molar-refractivity contribution in [1.82, 2.24) is 9.88 Å². The fourth-order valence-corrected chi connectivity index (χ4v) is 2.83. The summed E-state index contributed by atoms with van der Waals surface area (Å²) < 4.78 is 0.949. The Morgan fingerprint density at radius 1 is 1.71 bits per heavy atom. The monoisotopic (exact) mass is 276 g/mol. The van der Waals surface area contributed by atoms with Crippen molar-refractivity contribution in [2.75, 3.05) is 19.7 Å². The Hall–Kier alpha value is 0.0300. The summed E-state index contributed by atoms with van der Waals surface area (Å²) in [5.74, 6) is 0.470. The first-order chi connectivity index (χ1) is 6.78. The van der Waals surface area contributed by atoms with Crippen LogP contribution >= 0.6 is 27.3 Å². The van der Waals surface area contributed by atoms with Crippen LogP contribution in [0, 0.1) is 5.92 Å². The Bertz CT molecular complexity index is 305. The van der Waals surface area contributed by atoms with Gasteiger partial charge in [-0.05, 0) is 34.8 Å². The number of aromatic nitrogens is 1. The molecule has 78 valence electrons. The maximum atomic E-state index is 9.01. The summed E-state index contributed by atoms with van der Waals surface area (Å²) in [5.41, 5.74) is 1.13. The third kappa shape index (κ3) is 2.53. The number of thiazole rings is 1. The van der Waals surface area contributed by atoms with Gasteiger partial charge in [0, 0.05) is 25.1 Å². The van der Waals surface area contributed by atoms with Crippen molar-refractivity contribution >= 4 is 27.3 Å². The molecular formula is C9H13BrN2OS. The lowest BCUT2D eigenvalue weighted by Crippen LogP contribution is -2.21. The predicted octanol–water partition coefficient (Wildman–Crippen LogP) is 1.72. The molecule has 0 unspecified atom stereocenters. The Morgan fingerprint density at radius 3 is 3.14 bits per heavy atom. The highest BCUT2D eigenvalue weighted by atomic mass is 79.9. The molecule has 1 aromatic rings. The van der Waals surface area contributed by atoms with Gasteiger partial charge in [-0.25, -0.2) is 4.98 Å². The van der Waals surface area contributed by atoms with Gasteiger partial charge in [0.1, 0.15) is 0 Å². The van der Waals surface area contributed by atoms with Gasteiger partial charge in [0.15, 0.2) is 3.92 Å². The van der Waals surface area contributed by atoms with Gasteiger partial charge in [0.2, 0.25) is 0 Å². The summed E-state index contributed by atoms with van der Waals surface area (Å²) in [4.78, 5) is 6.71. The molecule has 0 amide bonds. The summed E-state index contributed by atoms with van der Waals surface area (Å²) in [6.45, 7) is 3.32. The maximum absolute atomic E-state index is 9.01. The minimum Gasteiger partial charge on any atom is -0.396 e. The summed E-state index contributed by atoms with van der Waals surface area (Å²) in [6, 6.07) is 0. The Balaban J connectivity index is 1.87. The lowest BCUT2D eigenvalue weighted by Gasteiger charge is -2.13. The van der Waals surface area contributed by atoms with Crippen LogP contribution in [-0.4, -0.2) is 34.7 Å². The molecule has 0 aromatic carbocycles. The zero-order valence-corrected chi connectivity index (χ0v) is 10.2. The van der Waals surface area contributed by atoms with Crippen LogP contribution in [0.5, 0.6) is 0 Å². The first kappa shape index (κ1) is 10.5. The van der Waals surface area contributed by atoms with Crippen molar-refractivity contribution in [3.63, 3.8) is 0 Å². The number of rotatable bonds is 3. The van der Waals surface area contributed by atoms with Crippen molar-refractivity contribution in [2.24, 2.45) is 5.92 Å². The van der Waals surface area contributed by atoms with Crippen LogP contribution in [0.15, 0.2) is 9.30 Å². The lowest BCUT2D eigenvalue weighted by molar-refractivity contribution is 0.219. The summed E-state index contributed by atoms with van der Waals surface area (Å²) >= 11 is 4.98. The number of likely N-dealkylation sites (tertiary alicyclic amines) is 1. The number of halogens is 1. The molecule has 0 spiro atoms. The number of aliphatic hydroxyl groups excluding tert-OH is 1. The van der Waals surface area contributed by atoms with E-state index in [2.05, 4.69) is 31.2 Å². The molecular weight excluding hydrogens is 264 g/mol. The average Bonchev–Trinajstić information content (AvgIpc) is 2.76. The number of hydrogen-bond acceptors (Lipinski definition) is 4. The van der Waals surface area contributed by atoms with Gasteiger partial charge in [-0.15, -0.1) is 11.3 Å². The van der Waals surface area contributed by atoms with Gasteiger partial charge >= 0.3 is 0 Å².